The highest BCUT2D eigenvalue weighted by Gasteiger charge is 2.28. The number of ether oxygens (including phenoxy) is 3. The van der Waals surface area contributed by atoms with Gasteiger partial charge in [-0.1, -0.05) is 13.8 Å². The number of aliphatic hydroxyl groups excluding tert-OH is 1. The van der Waals surface area contributed by atoms with Gasteiger partial charge in [0.2, 0.25) is 5.75 Å². The topological polar surface area (TPSA) is 93.4 Å². The van der Waals surface area contributed by atoms with Crippen molar-refractivity contribution in [1.29, 1.82) is 0 Å². The summed E-state index contributed by atoms with van der Waals surface area (Å²) < 4.78 is 18.8. The van der Waals surface area contributed by atoms with Gasteiger partial charge < -0.3 is 34.1 Å². The van der Waals surface area contributed by atoms with Crippen molar-refractivity contribution in [2.45, 2.75) is 38.6 Å². The molecule has 178 valence electrons. The number of nitrogens with zero attached hydrogens (tertiary/aromatic N) is 4. The van der Waals surface area contributed by atoms with Crippen molar-refractivity contribution in [3.05, 3.63) is 35.9 Å². The van der Waals surface area contributed by atoms with Crippen LogP contribution in [0.25, 0.3) is 5.69 Å². The van der Waals surface area contributed by atoms with Crippen molar-refractivity contribution >= 4 is 11.7 Å². The highest BCUT2D eigenvalue weighted by molar-refractivity contribution is 5.96. The Morgan fingerprint density at radius 3 is 2.64 bits per heavy atom. The first-order valence-corrected chi connectivity index (χ1v) is 11.3. The Labute approximate surface area is 194 Å². The van der Waals surface area contributed by atoms with Gasteiger partial charge in [-0.3, -0.25) is 4.99 Å². The molecule has 0 saturated carbocycles. The van der Waals surface area contributed by atoms with Crippen LogP contribution in [-0.2, 0) is 0 Å². The summed E-state index contributed by atoms with van der Waals surface area (Å²) in [5.74, 6) is 3.67. The van der Waals surface area contributed by atoms with Gasteiger partial charge in [0.15, 0.2) is 11.5 Å². The van der Waals surface area contributed by atoms with Gasteiger partial charge in [-0.25, -0.2) is 4.98 Å². The second-order valence-electron chi connectivity index (χ2n) is 8.54. The Kier molecular flexibility index (Phi) is 6.78. The van der Waals surface area contributed by atoms with Crippen molar-refractivity contribution in [3.63, 3.8) is 0 Å². The number of anilines is 1. The molecule has 1 aromatic heterocycles. The molecule has 0 bridgehead atoms. The third-order valence-electron chi connectivity index (χ3n) is 6.17. The number of hydrogen-bond donors (Lipinski definition) is 2. The monoisotopic (exact) mass is 455 g/mol. The predicted molar refractivity (Wildman–Crippen MR) is 128 cm³/mol. The van der Waals surface area contributed by atoms with Crippen LogP contribution >= 0.6 is 0 Å². The third-order valence-corrected chi connectivity index (χ3v) is 6.17. The maximum absolute atomic E-state index is 9.61. The fraction of sp³-hybridized carbons (Fsp3) is 0.500. The van der Waals surface area contributed by atoms with Gasteiger partial charge in [-0.05, 0) is 18.8 Å². The Morgan fingerprint density at radius 2 is 1.97 bits per heavy atom. The molecule has 4 rings (SSSR count). The normalized spacial score (nSPS) is 17.9. The molecule has 0 unspecified atom stereocenters. The number of aliphatic imine (C=N–C) groups is 1. The number of rotatable bonds is 8. The summed E-state index contributed by atoms with van der Waals surface area (Å²) in [7, 11) is 4.86. The largest absolute Gasteiger partial charge is 0.493 e. The maximum atomic E-state index is 9.61. The fourth-order valence-electron chi connectivity index (χ4n) is 4.61. The van der Waals surface area contributed by atoms with E-state index in [9.17, 15) is 5.11 Å². The van der Waals surface area contributed by atoms with Crippen molar-refractivity contribution in [2.24, 2.45) is 4.99 Å². The average Bonchev–Trinajstić information content (AvgIpc) is 3.58. The standard InChI is InChI=1S/C24H33N5O4/c1-15(2)22-18(10-19(31-3)23(32-4)24(22)33-5)28-12-20(26-14-28)27-16-9-21(25-11-16)29-8-6-7-17(29)13-30/h9-10,12,14-15,17,27,30H,6-8,11,13H2,1-5H3/t17-/m1/s1. The number of hydrogen-bond acceptors (Lipinski definition) is 8. The quantitative estimate of drug-likeness (QED) is 0.631. The Morgan fingerprint density at radius 1 is 1.18 bits per heavy atom. The number of aliphatic hydroxyl groups is 1. The van der Waals surface area contributed by atoms with Crippen molar-refractivity contribution in [2.75, 3.05) is 46.3 Å². The predicted octanol–water partition coefficient (Wildman–Crippen LogP) is 3.19. The molecule has 1 atom stereocenters. The lowest BCUT2D eigenvalue weighted by Gasteiger charge is -2.23. The molecule has 0 spiro atoms. The van der Waals surface area contributed by atoms with Gasteiger partial charge in [0, 0.05) is 29.9 Å². The van der Waals surface area contributed by atoms with E-state index in [2.05, 4.69) is 34.0 Å². The summed E-state index contributed by atoms with van der Waals surface area (Å²) in [4.78, 5) is 11.4. The molecule has 2 aliphatic rings. The van der Waals surface area contributed by atoms with Crippen LogP contribution in [0.5, 0.6) is 17.2 Å². The number of methoxy groups -OCH3 is 3. The van der Waals surface area contributed by atoms with Crippen LogP contribution in [-0.4, -0.2) is 72.5 Å². The van der Waals surface area contributed by atoms with Crippen LogP contribution in [0.4, 0.5) is 5.82 Å². The summed E-state index contributed by atoms with van der Waals surface area (Å²) >= 11 is 0. The van der Waals surface area contributed by atoms with Crippen LogP contribution < -0.4 is 19.5 Å². The summed E-state index contributed by atoms with van der Waals surface area (Å²) in [6.07, 6.45) is 7.85. The number of benzene rings is 1. The lowest BCUT2D eigenvalue weighted by atomic mass is 9.98. The van der Waals surface area contributed by atoms with Gasteiger partial charge in [-0.2, -0.15) is 0 Å². The van der Waals surface area contributed by atoms with E-state index in [0.29, 0.717) is 23.8 Å². The molecule has 1 fully saturated rings. The first-order chi connectivity index (χ1) is 16.0. The van der Waals surface area contributed by atoms with E-state index in [4.69, 9.17) is 14.2 Å². The Bertz CT molecular complexity index is 1060. The molecule has 2 N–H and O–H groups in total. The van der Waals surface area contributed by atoms with Crippen LogP contribution in [0.3, 0.4) is 0 Å². The first-order valence-electron chi connectivity index (χ1n) is 11.3. The van der Waals surface area contributed by atoms with E-state index < -0.39 is 0 Å². The van der Waals surface area contributed by atoms with Crippen LogP contribution in [0, 0.1) is 0 Å². The molecule has 0 amide bonds. The van der Waals surface area contributed by atoms with Crippen molar-refractivity contribution < 1.29 is 19.3 Å². The Balaban J connectivity index is 1.60. The zero-order valence-corrected chi connectivity index (χ0v) is 20.0. The van der Waals surface area contributed by atoms with Gasteiger partial charge in [0.05, 0.1) is 52.4 Å². The van der Waals surface area contributed by atoms with Crippen molar-refractivity contribution in [3.8, 4) is 22.9 Å². The van der Waals surface area contributed by atoms with Gasteiger partial charge in [0.1, 0.15) is 18.0 Å². The second-order valence-corrected chi connectivity index (χ2v) is 8.54. The minimum atomic E-state index is 0.160. The molecule has 9 heteroatoms. The van der Waals surface area contributed by atoms with E-state index >= 15 is 0 Å². The zero-order valence-electron chi connectivity index (χ0n) is 20.0. The number of nitrogens with one attached hydrogen (secondary N) is 1. The molecule has 3 heterocycles. The van der Waals surface area contributed by atoms with Crippen LogP contribution in [0.15, 0.2) is 35.4 Å². The van der Waals surface area contributed by atoms with Crippen LogP contribution in [0.1, 0.15) is 38.2 Å². The highest BCUT2D eigenvalue weighted by Crippen LogP contribution is 2.46. The molecule has 33 heavy (non-hydrogen) atoms. The smallest absolute Gasteiger partial charge is 0.203 e. The second kappa shape index (κ2) is 9.74. The van der Waals surface area contributed by atoms with E-state index in [1.807, 2.05) is 22.9 Å². The number of imidazole rings is 1. The fourth-order valence-corrected chi connectivity index (χ4v) is 4.61. The molecule has 1 saturated heterocycles. The Hall–Kier alpha value is -3.20. The maximum Gasteiger partial charge on any atom is 0.203 e. The number of likely N-dealkylation sites (tertiary alicyclic amines) is 1. The van der Waals surface area contributed by atoms with Crippen LogP contribution in [0.2, 0.25) is 0 Å². The highest BCUT2D eigenvalue weighted by atomic mass is 16.5. The van der Waals surface area contributed by atoms with Crippen molar-refractivity contribution in [1.82, 2.24) is 14.5 Å². The van der Waals surface area contributed by atoms with Gasteiger partial charge in [0.25, 0.3) is 0 Å². The van der Waals surface area contributed by atoms with E-state index in [-0.39, 0.29) is 18.6 Å². The van der Waals surface area contributed by atoms with E-state index in [1.54, 1.807) is 27.7 Å². The number of amidine groups is 1. The lowest BCUT2D eigenvalue weighted by Crippen LogP contribution is -2.36. The minimum absolute atomic E-state index is 0.160. The summed E-state index contributed by atoms with van der Waals surface area (Å²) in [6.45, 7) is 5.89. The molecule has 1 aromatic carbocycles. The molecule has 2 aromatic rings. The molecule has 2 aliphatic heterocycles. The molecular weight excluding hydrogens is 422 g/mol. The third kappa shape index (κ3) is 4.37. The van der Waals surface area contributed by atoms with E-state index in [1.165, 1.54) is 0 Å². The average molecular weight is 456 g/mol. The molecule has 0 aliphatic carbocycles. The lowest BCUT2D eigenvalue weighted by molar-refractivity contribution is 0.209. The summed E-state index contributed by atoms with van der Waals surface area (Å²) in [5.41, 5.74) is 2.90. The summed E-state index contributed by atoms with van der Waals surface area (Å²) in [6, 6.07) is 2.11. The number of aromatic nitrogens is 2. The molecule has 0 radical (unpaired) electrons. The zero-order chi connectivity index (χ0) is 23.5. The molecular formula is C24H33N5O4. The summed E-state index contributed by atoms with van der Waals surface area (Å²) in [5, 5.41) is 13.0. The van der Waals surface area contributed by atoms with Gasteiger partial charge >= 0.3 is 0 Å². The van der Waals surface area contributed by atoms with E-state index in [0.717, 1.165) is 48.0 Å². The SMILES string of the molecule is COc1cc(-n2cnc(NC3=CC(N4CCC[C@@H]4CO)=NC3)c2)c(C(C)C)c(OC)c1OC. The molecule has 9 nitrogen and oxygen atoms in total. The minimum Gasteiger partial charge on any atom is -0.493 e. The van der Waals surface area contributed by atoms with Gasteiger partial charge in [-0.15, -0.1) is 0 Å². The first kappa shape index (κ1) is 23.0.